The van der Waals surface area contributed by atoms with Crippen LogP contribution in [0.15, 0.2) is 23.7 Å². The first kappa shape index (κ1) is 10.1. The third kappa shape index (κ3) is 2.05. The Morgan fingerprint density at radius 2 is 2.19 bits per heavy atom. The van der Waals surface area contributed by atoms with Crippen LogP contribution in [0.1, 0.15) is 25.7 Å². The van der Waals surface area contributed by atoms with Gasteiger partial charge in [-0.25, -0.2) is 4.98 Å². The molecule has 2 nitrogen and oxygen atoms in total. The van der Waals surface area contributed by atoms with Gasteiger partial charge in [-0.05, 0) is 37.0 Å². The molecule has 1 aromatic heterocycles. The number of nitrogens with zero attached hydrogens (tertiary/aromatic N) is 1. The van der Waals surface area contributed by atoms with E-state index in [9.17, 15) is 0 Å². The second-order valence-corrected chi connectivity index (χ2v) is 5.45. The molecule has 1 heterocycles. The number of fused-ring (bicyclic) bond motifs is 1. The summed E-state index contributed by atoms with van der Waals surface area (Å²) >= 11 is 1.71. The first-order chi connectivity index (χ1) is 7.92. The van der Waals surface area contributed by atoms with Gasteiger partial charge in [0.25, 0.3) is 0 Å². The lowest BCUT2D eigenvalue weighted by molar-refractivity contribution is 0.580. The summed E-state index contributed by atoms with van der Waals surface area (Å²) < 4.78 is 1.27. The van der Waals surface area contributed by atoms with Crippen LogP contribution < -0.4 is 5.32 Å². The van der Waals surface area contributed by atoms with Crippen molar-refractivity contribution in [2.24, 2.45) is 5.92 Å². The lowest BCUT2D eigenvalue weighted by Crippen LogP contribution is -2.10. The molecule has 0 spiro atoms. The molecule has 0 unspecified atom stereocenters. The molecule has 84 valence electrons. The molecule has 0 radical (unpaired) electrons. The predicted octanol–water partition coefficient (Wildman–Crippen LogP) is 3.90. The maximum Gasteiger partial charge on any atom is 0.0813 e. The van der Waals surface area contributed by atoms with Gasteiger partial charge < -0.3 is 5.32 Å². The van der Waals surface area contributed by atoms with Gasteiger partial charge in [0, 0.05) is 12.2 Å². The maximum absolute atomic E-state index is 4.29. The van der Waals surface area contributed by atoms with E-state index in [1.54, 1.807) is 11.3 Å². The van der Waals surface area contributed by atoms with Crippen LogP contribution in [0.3, 0.4) is 0 Å². The molecular weight excluding hydrogens is 216 g/mol. The molecule has 0 saturated heterocycles. The van der Waals surface area contributed by atoms with E-state index in [4.69, 9.17) is 0 Å². The average molecular weight is 232 g/mol. The fourth-order valence-electron chi connectivity index (χ4n) is 2.44. The first-order valence-electron chi connectivity index (χ1n) is 5.99. The van der Waals surface area contributed by atoms with Gasteiger partial charge in [0.1, 0.15) is 0 Å². The van der Waals surface area contributed by atoms with Crippen LogP contribution in [0.25, 0.3) is 10.2 Å². The summed E-state index contributed by atoms with van der Waals surface area (Å²) in [5.74, 6) is 0.886. The molecule has 1 aliphatic carbocycles. The van der Waals surface area contributed by atoms with E-state index in [1.807, 2.05) is 5.51 Å². The molecule has 3 heteroatoms. The molecular formula is C13H16N2S. The fourth-order valence-corrected chi connectivity index (χ4v) is 3.16. The Hall–Kier alpha value is -1.09. The minimum absolute atomic E-state index is 0.886. The second-order valence-electron chi connectivity index (χ2n) is 4.57. The van der Waals surface area contributed by atoms with E-state index in [0.29, 0.717) is 0 Å². The molecule has 1 fully saturated rings. The van der Waals surface area contributed by atoms with Gasteiger partial charge >= 0.3 is 0 Å². The van der Waals surface area contributed by atoms with E-state index in [0.717, 1.165) is 18.0 Å². The van der Waals surface area contributed by atoms with Crippen molar-refractivity contribution in [3.8, 4) is 0 Å². The van der Waals surface area contributed by atoms with Crippen molar-refractivity contribution in [2.45, 2.75) is 25.7 Å². The molecule has 3 rings (SSSR count). The fraction of sp³-hybridized carbons (Fsp3) is 0.462. The Bertz CT molecular complexity index is 471. The zero-order chi connectivity index (χ0) is 10.8. The summed E-state index contributed by atoms with van der Waals surface area (Å²) in [7, 11) is 0. The maximum atomic E-state index is 4.29. The van der Waals surface area contributed by atoms with E-state index in [2.05, 4.69) is 28.5 Å². The highest BCUT2D eigenvalue weighted by molar-refractivity contribution is 7.16. The molecule has 1 aromatic carbocycles. The van der Waals surface area contributed by atoms with Crippen LogP contribution in [0, 0.1) is 5.92 Å². The highest BCUT2D eigenvalue weighted by Crippen LogP contribution is 2.26. The predicted molar refractivity (Wildman–Crippen MR) is 70.1 cm³/mol. The van der Waals surface area contributed by atoms with Gasteiger partial charge in [-0.15, -0.1) is 11.3 Å². The minimum Gasteiger partial charge on any atom is -0.385 e. The highest BCUT2D eigenvalue weighted by atomic mass is 32.1. The SMILES string of the molecule is c1nc2ccc(NCC3CCCC3)cc2s1. The molecule has 0 amide bonds. The average Bonchev–Trinajstić information content (AvgIpc) is 2.97. The van der Waals surface area contributed by atoms with Crippen LogP contribution in [0.4, 0.5) is 5.69 Å². The topological polar surface area (TPSA) is 24.9 Å². The van der Waals surface area contributed by atoms with Crippen molar-refractivity contribution >= 4 is 27.2 Å². The molecule has 2 aromatic rings. The van der Waals surface area contributed by atoms with Crippen molar-refractivity contribution in [1.29, 1.82) is 0 Å². The van der Waals surface area contributed by atoms with Crippen LogP contribution in [-0.4, -0.2) is 11.5 Å². The molecule has 1 aliphatic rings. The second kappa shape index (κ2) is 4.42. The van der Waals surface area contributed by atoms with Gasteiger partial charge in [0.2, 0.25) is 0 Å². The summed E-state index contributed by atoms with van der Waals surface area (Å²) in [5, 5.41) is 3.55. The monoisotopic (exact) mass is 232 g/mol. The number of thiazole rings is 1. The Kier molecular flexibility index (Phi) is 2.79. The molecule has 1 saturated carbocycles. The van der Waals surface area contributed by atoms with Gasteiger partial charge in [-0.3, -0.25) is 0 Å². The number of aromatic nitrogens is 1. The Morgan fingerprint density at radius 3 is 3.06 bits per heavy atom. The van der Waals surface area contributed by atoms with E-state index < -0.39 is 0 Å². The summed E-state index contributed by atoms with van der Waals surface area (Å²) in [4.78, 5) is 4.29. The van der Waals surface area contributed by atoms with E-state index >= 15 is 0 Å². The van der Waals surface area contributed by atoms with Crippen molar-refractivity contribution in [3.63, 3.8) is 0 Å². The van der Waals surface area contributed by atoms with Crippen LogP contribution in [-0.2, 0) is 0 Å². The van der Waals surface area contributed by atoms with Crippen molar-refractivity contribution in [3.05, 3.63) is 23.7 Å². The van der Waals surface area contributed by atoms with E-state index in [1.165, 1.54) is 36.1 Å². The van der Waals surface area contributed by atoms with Crippen molar-refractivity contribution < 1.29 is 0 Å². The summed E-state index contributed by atoms with van der Waals surface area (Å²) in [6, 6.07) is 6.45. The molecule has 0 aliphatic heterocycles. The molecule has 0 bridgehead atoms. The Labute approximate surface area is 99.7 Å². The van der Waals surface area contributed by atoms with Gasteiger partial charge in [0.05, 0.1) is 15.7 Å². The van der Waals surface area contributed by atoms with Crippen LogP contribution in [0.2, 0.25) is 0 Å². The largest absolute Gasteiger partial charge is 0.385 e. The summed E-state index contributed by atoms with van der Waals surface area (Å²) in [6.45, 7) is 1.13. The zero-order valence-corrected chi connectivity index (χ0v) is 10.1. The number of hydrogen-bond acceptors (Lipinski definition) is 3. The number of anilines is 1. The smallest absolute Gasteiger partial charge is 0.0813 e. The molecule has 16 heavy (non-hydrogen) atoms. The van der Waals surface area contributed by atoms with E-state index in [-0.39, 0.29) is 0 Å². The third-order valence-electron chi connectivity index (χ3n) is 3.40. The number of nitrogens with one attached hydrogen (secondary N) is 1. The Balaban J connectivity index is 1.68. The number of rotatable bonds is 3. The Morgan fingerprint density at radius 1 is 1.31 bits per heavy atom. The summed E-state index contributed by atoms with van der Waals surface area (Å²) in [6.07, 6.45) is 5.63. The lowest BCUT2D eigenvalue weighted by atomic mass is 10.1. The van der Waals surface area contributed by atoms with Gasteiger partial charge in [0.15, 0.2) is 0 Å². The third-order valence-corrected chi connectivity index (χ3v) is 4.19. The molecule has 1 N–H and O–H groups in total. The highest BCUT2D eigenvalue weighted by Gasteiger charge is 2.14. The molecule has 0 atom stereocenters. The normalized spacial score (nSPS) is 17.0. The minimum atomic E-state index is 0.886. The first-order valence-corrected chi connectivity index (χ1v) is 6.87. The van der Waals surface area contributed by atoms with Crippen molar-refractivity contribution in [1.82, 2.24) is 4.98 Å². The van der Waals surface area contributed by atoms with Crippen LogP contribution in [0.5, 0.6) is 0 Å². The lowest BCUT2D eigenvalue weighted by Gasteiger charge is -2.11. The van der Waals surface area contributed by atoms with Gasteiger partial charge in [-0.1, -0.05) is 12.8 Å². The zero-order valence-electron chi connectivity index (χ0n) is 9.28. The quantitative estimate of drug-likeness (QED) is 0.868. The summed E-state index contributed by atoms with van der Waals surface area (Å²) in [5.41, 5.74) is 4.26. The van der Waals surface area contributed by atoms with Crippen molar-refractivity contribution in [2.75, 3.05) is 11.9 Å². The number of benzene rings is 1. The number of hydrogen-bond donors (Lipinski definition) is 1. The van der Waals surface area contributed by atoms with Crippen LogP contribution >= 0.6 is 11.3 Å². The standard InChI is InChI=1S/C13H16N2S/c1-2-4-10(3-1)8-14-11-5-6-12-13(7-11)16-9-15-12/h5-7,9-10,14H,1-4,8H2. The van der Waals surface area contributed by atoms with Gasteiger partial charge in [-0.2, -0.15) is 0 Å².